The third kappa shape index (κ3) is 4.70. The van der Waals surface area contributed by atoms with Crippen molar-refractivity contribution in [2.24, 2.45) is 0 Å². The van der Waals surface area contributed by atoms with Crippen LogP contribution in [0, 0.1) is 0 Å². The molecular weight excluding hydrogens is 677 g/mol. The van der Waals surface area contributed by atoms with Gasteiger partial charge in [-0.2, -0.15) is 0 Å². The average Bonchev–Trinajstić information content (AvgIpc) is 3.59. The summed E-state index contributed by atoms with van der Waals surface area (Å²) in [6, 6.07) is 54.9. The summed E-state index contributed by atoms with van der Waals surface area (Å²) in [6.45, 7) is 0. The summed E-state index contributed by atoms with van der Waals surface area (Å²) in [4.78, 5) is 22.5. The number of anilines is 3. The topological polar surface area (TPSA) is 55.1 Å². The fourth-order valence-corrected chi connectivity index (χ4v) is 9.64. The molecule has 244 valence electrons. The molecule has 7 aromatic carbocycles. The molecule has 0 atom stereocenters. The molecule has 0 unspecified atom stereocenters. The van der Waals surface area contributed by atoms with Gasteiger partial charge >= 0.3 is 0 Å². The number of fused-ring (bicyclic) bond motifs is 7. The largest absolute Gasteiger partial charge is 0.456 e. The lowest BCUT2D eigenvalue weighted by atomic mass is 9.99. The van der Waals surface area contributed by atoms with E-state index in [0.29, 0.717) is 17.5 Å². The molecule has 5 nitrogen and oxygen atoms in total. The number of rotatable bonds is 4. The fraction of sp³-hybridized carbons (Fsp3) is 0. The van der Waals surface area contributed by atoms with Crippen molar-refractivity contribution < 1.29 is 4.42 Å². The Morgan fingerprint density at radius 2 is 1.00 bits per heavy atom. The van der Waals surface area contributed by atoms with Gasteiger partial charge in [-0.15, -0.1) is 0 Å². The smallest absolute Gasteiger partial charge is 0.164 e. The maximum Gasteiger partial charge on any atom is 0.164 e. The van der Waals surface area contributed by atoms with Gasteiger partial charge in [0.15, 0.2) is 17.5 Å². The summed E-state index contributed by atoms with van der Waals surface area (Å²) < 4.78 is 6.49. The number of hydrogen-bond donors (Lipinski definition) is 0. The Bertz CT molecular complexity index is 2740. The number of benzene rings is 7. The van der Waals surface area contributed by atoms with Gasteiger partial charge in [-0.3, -0.25) is 0 Å². The molecule has 11 rings (SSSR count). The molecular formula is C45H26N4OS2. The van der Waals surface area contributed by atoms with Crippen LogP contribution >= 0.6 is 23.5 Å². The van der Waals surface area contributed by atoms with Gasteiger partial charge in [0.2, 0.25) is 0 Å². The van der Waals surface area contributed by atoms with Crippen LogP contribution in [0.3, 0.4) is 0 Å². The number of aromatic nitrogens is 3. The van der Waals surface area contributed by atoms with Crippen molar-refractivity contribution in [3.63, 3.8) is 0 Å². The molecule has 7 heteroatoms. The minimum absolute atomic E-state index is 0.606. The Labute approximate surface area is 308 Å². The van der Waals surface area contributed by atoms with E-state index < -0.39 is 0 Å². The molecule has 0 bridgehead atoms. The highest BCUT2D eigenvalue weighted by atomic mass is 32.2. The number of hydrogen-bond acceptors (Lipinski definition) is 7. The van der Waals surface area contributed by atoms with E-state index in [4.69, 9.17) is 19.4 Å². The molecule has 2 aliphatic heterocycles. The molecule has 4 heterocycles. The minimum atomic E-state index is 0.606. The van der Waals surface area contributed by atoms with E-state index in [1.54, 1.807) is 0 Å². The Balaban J connectivity index is 1.09. The molecule has 2 aliphatic rings. The zero-order valence-electron chi connectivity index (χ0n) is 27.5. The fourth-order valence-electron chi connectivity index (χ4n) is 7.31. The zero-order chi connectivity index (χ0) is 34.2. The average molecular weight is 703 g/mol. The molecule has 0 aliphatic carbocycles. The van der Waals surface area contributed by atoms with E-state index in [-0.39, 0.29) is 0 Å². The molecule has 0 saturated carbocycles. The van der Waals surface area contributed by atoms with Crippen LogP contribution in [0.2, 0.25) is 0 Å². The van der Waals surface area contributed by atoms with E-state index in [1.165, 1.54) is 42.2 Å². The molecule has 0 amide bonds. The monoisotopic (exact) mass is 702 g/mol. The first-order valence-electron chi connectivity index (χ1n) is 17.1. The second-order valence-corrected chi connectivity index (χ2v) is 15.0. The lowest BCUT2D eigenvalue weighted by molar-refractivity contribution is 0.669. The van der Waals surface area contributed by atoms with Gasteiger partial charge in [0.25, 0.3) is 0 Å². The van der Waals surface area contributed by atoms with Crippen molar-refractivity contribution in [1.29, 1.82) is 0 Å². The third-order valence-electron chi connectivity index (χ3n) is 9.68. The van der Waals surface area contributed by atoms with Crippen molar-refractivity contribution in [2.45, 2.75) is 19.6 Å². The Morgan fingerprint density at radius 3 is 1.63 bits per heavy atom. The molecule has 0 saturated heterocycles. The lowest BCUT2D eigenvalue weighted by Crippen LogP contribution is -2.18. The summed E-state index contributed by atoms with van der Waals surface area (Å²) in [5.41, 5.74) is 10.4. The second kappa shape index (κ2) is 11.7. The van der Waals surface area contributed by atoms with Crippen molar-refractivity contribution >= 4 is 62.5 Å². The molecule has 0 spiro atoms. The third-order valence-corrected chi connectivity index (χ3v) is 11.9. The summed E-state index contributed by atoms with van der Waals surface area (Å²) >= 11 is 3.69. The number of para-hydroxylation sites is 2. The normalized spacial score (nSPS) is 12.8. The van der Waals surface area contributed by atoms with Gasteiger partial charge < -0.3 is 9.32 Å². The Kier molecular flexibility index (Phi) is 6.65. The van der Waals surface area contributed by atoms with Crippen LogP contribution in [0.1, 0.15) is 0 Å². The van der Waals surface area contributed by atoms with E-state index >= 15 is 0 Å². The molecule has 9 aromatic rings. The summed E-state index contributed by atoms with van der Waals surface area (Å²) in [7, 11) is 0. The molecule has 0 fully saturated rings. The van der Waals surface area contributed by atoms with Crippen molar-refractivity contribution in [1.82, 2.24) is 15.0 Å². The SMILES string of the molecule is c1ccc(-c2nc(-c3ccccc3)nc(-c3cccc4oc5ccc(-c6cc7c8c(c6)Sc6ccccc6N8c6ccccc6S7)cc5c34)n2)cc1. The highest BCUT2D eigenvalue weighted by Gasteiger charge is 2.33. The summed E-state index contributed by atoms with van der Waals surface area (Å²) in [6.07, 6.45) is 0. The standard InChI is InChI=1S/C45H26N4OS2/c1-3-12-27(13-4-1)43-46-44(28-14-5-2-6-15-28)48-45(47-43)31-16-11-19-36-41(31)32-24-29(22-23-35(32)50-36)30-25-39-42-40(26-30)52-38-21-10-8-18-34(38)49(42)33-17-7-9-20-37(33)51-39/h1-26H. The number of furan rings is 1. The minimum Gasteiger partial charge on any atom is -0.456 e. The Morgan fingerprint density at radius 1 is 0.423 bits per heavy atom. The molecule has 2 aromatic heterocycles. The van der Waals surface area contributed by atoms with Crippen LogP contribution < -0.4 is 4.90 Å². The van der Waals surface area contributed by atoms with Crippen LogP contribution in [-0.4, -0.2) is 15.0 Å². The van der Waals surface area contributed by atoms with Crippen LogP contribution in [-0.2, 0) is 0 Å². The van der Waals surface area contributed by atoms with Gasteiger partial charge in [-0.05, 0) is 65.7 Å². The highest BCUT2D eigenvalue weighted by Crippen LogP contribution is 2.60. The van der Waals surface area contributed by atoms with Gasteiger partial charge in [0, 0.05) is 47.0 Å². The molecule has 52 heavy (non-hydrogen) atoms. The van der Waals surface area contributed by atoms with Crippen molar-refractivity contribution in [3.05, 3.63) is 158 Å². The van der Waals surface area contributed by atoms with Crippen LogP contribution in [0.25, 0.3) is 67.2 Å². The van der Waals surface area contributed by atoms with Crippen molar-refractivity contribution in [2.75, 3.05) is 4.90 Å². The van der Waals surface area contributed by atoms with E-state index in [0.717, 1.165) is 44.2 Å². The van der Waals surface area contributed by atoms with Crippen LogP contribution in [0.15, 0.2) is 182 Å². The number of nitrogens with zero attached hydrogens (tertiary/aromatic N) is 4. The van der Waals surface area contributed by atoms with E-state index in [1.807, 2.05) is 96.3 Å². The van der Waals surface area contributed by atoms with Gasteiger partial charge in [-0.1, -0.05) is 127 Å². The first-order chi connectivity index (χ1) is 25.7. The maximum absolute atomic E-state index is 6.49. The van der Waals surface area contributed by atoms with Gasteiger partial charge in [0.05, 0.1) is 17.1 Å². The first-order valence-corrected chi connectivity index (χ1v) is 18.7. The Hall–Kier alpha value is -6.15. The second-order valence-electron chi connectivity index (χ2n) is 12.8. The predicted octanol–water partition coefficient (Wildman–Crippen LogP) is 12.8. The van der Waals surface area contributed by atoms with E-state index in [9.17, 15) is 0 Å². The quantitative estimate of drug-likeness (QED) is 0.181. The summed E-state index contributed by atoms with van der Waals surface area (Å²) in [5, 5.41) is 2.01. The highest BCUT2D eigenvalue weighted by molar-refractivity contribution is 8.00. The van der Waals surface area contributed by atoms with E-state index in [2.05, 4.69) is 89.8 Å². The zero-order valence-corrected chi connectivity index (χ0v) is 29.2. The van der Waals surface area contributed by atoms with Gasteiger partial charge in [0.1, 0.15) is 11.2 Å². The predicted molar refractivity (Wildman–Crippen MR) is 212 cm³/mol. The first kappa shape index (κ1) is 29.6. The van der Waals surface area contributed by atoms with Crippen LogP contribution in [0.5, 0.6) is 0 Å². The van der Waals surface area contributed by atoms with Crippen LogP contribution in [0.4, 0.5) is 17.1 Å². The molecule has 0 radical (unpaired) electrons. The van der Waals surface area contributed by atoms with Crippen molar-refractivity contribution in [3.8, 4) is 45.3 Å². The van der Waals surface area contributed by atoms with Gasteiger partial charge in [-0.25, -0.2) is 15.0 Å². The lowest BCUT2D eigenvalue weighted by Gasteiger charge is -2.38. The summed E-state index contributed by atoms with van der Waals surface area (Å²) in [5.74, 6) is 1.87. The molecule has 0 N–H and O–H groups in total. The maximum atomic E-state index is 6.49.